The zero-order valence-corrected chi connectivity index (χ0v) is 22.7. The van der Waals surface area contributed by atoms with Gasteiger partial charge >= 0.3 is 0 Å². The standard InChI is InChI=1S/C30H27N3O5S/c1-18-26(28(34)32-21-10-6-5-7-11-21)27(20-9-8-12-22(15-20)36-2)33-29(35)25(39-30(33)31-18)16-19-13-14-23(37-3)17-24(19)38-4/h5-17,27H,1-4H3,(H,32,34)/b25-16-/t27-/m0/s1. The molecule has 0 fully saturated rings. The predicted molar refractivity (Wildman–Crippen MR) is 151 cm³/mol. The first-order valence-electron chi connectivity index (χ1n) is 12.2. The Morgan fingerprint density at radius 1 is 0.949 bits per heavy atom. The Balaban J connectivity index is 1.69. The first kappa shape index (κ1) is 26.0. The summed E-state index contributed by atoms with van der Waals surface area (Å²) in [5.41, 5.74) is 2.76. The molecule has 2 heterocycles. The smallest absolute Gasteiger partial charge is 0.271 e. The molecule has 1 N–H and O–H groups in total. The molecule has 0 saturated carbocycles. The summed E-state index contributed by atoms with van der Waals surface area (Å²) in [6.45, 7) is 1.79. The summed E-state index contributed by atoms with van der Waals surface area (Å²) in [4.78, 5) is 32.8. The first-order chi connectivity index (χ1) is 18.9. The molecule has 0 aliphatic carbocycles. The van der Waals surface area contributed by atoms with Crippen LogP contribution in [0.25, 0.3) is 6.08 Å². The van der Waals surface area contributed by atoms with Gasteiger partial charge < -0.3 is 19.5 Å². The number of para-hydroxylation sites is 1. The first-order valence-corrected chi connectivity index (χ1v) is 13.0. The van der Waals surface area contributed by atoms with E-state index in [0.717, 1.165) is 11.1 Å². The molecular formula is C30H27N3O5S. The minimum absolute atomic E-state index is 0.262. The number of hydrogen-bond donors (Lipinski definition) is 1. The number of anilines is 1. The lowest BCUT2D eigenvalue weighted by Crippen LogP contribution is -2.40. The van der Waals surface area contributed by atoms with Crippen LogP contribution in [-0.2, 0) is 4.79 Å². The maximum atomic E-state index is 13.9. The number of ether oxygens (including phenoxy) is 3. The van der Waals surface area contributed by atoms with E-state index in [1.165, 1.54) is 11.3 Å². The van der Waals surface area contributed by atoms with E-state index in [1.54, 1.807) is 51.0 Å². The van der Waals surface area contributed by atoms with Crippen LogP contribution in [0.5, 0.6) is 17.2 Å². The van der Waals surface area contributed by atoms with Crippen molar-refractivity contribution >= 4 is 29.0 Å². The van der Waals surface area contributed by atoms with Crippen molar-refractivity contribution in [2.75, 3.05) is 26.6 Å². The Morgan fingerprint density at radius 2 is 1.69 bits per heavy atom. The maximum absolute atomic E-state index is 13.9. The zero-order valence-electron chi connectivity index (χ0n) is 21.9. The number of nitrogens with zero attached hydrogens (tertiary/aromatic N) is 2. The van der Waals surface area contributed by atoms with Gasteiger partial charge in [-0.25, -0.2) is 4.99 Å². The molecule has 3 aromatic carbocycles. The van der Waals surface area contributed by atoms with Crippen LogP contribution in [0.4, 0.5) is 5.69 Å². The summed E-state index contributed by atoms with van der Waals surface area (Å²) in [7, 11) is 4.73. The molecule has 1 aliphatic rings. The van der Waals surface area contributed by atoms with Crippen molar-refractivity contribution in [2.45, 2.75) is 13.0 Å². The summed E-state index contributed by atoms with van der Waals surface area (Å²) < 4.78 is 18.3. The SMILES string of the molecule is COc1cccc([C@H]2C(C(=O)Nc3ccccc3)=C(C)N=c3s/c(=C\c4ccc(OC)cc4OC)c(=O)n32)c1. The van der Waals surface area contributed by atoms with Crippen LogP contribution in [0.2, 0.25) is 0 Å². The molecular weight excluding hydrogens is 514 g/mol. The average molecular weight is 542 g/mol. The molecule has 0 spiro atoms. The molecule has 0 bridgehead atoms. The summed E-state index contributed by atoms with van der Waals surface area (Å²) >= 11 is 1.26. The van der Waals surface area contributed by atoms with Gasteiger partial charge in [0.15, 0.2) is 4.80 Å². The van der Waals surface area contributed by atoms with E-state index >= 15 is 0 Å². The number of carbonyl (C=O) groups excluding carboxylic acids is 1. The molecule has 1 atom stereocenters. The molecule has 1 aliphatic heterocycles. The number of nitrogens with one attached hydrogen (secondary N) is 1. The van der Waals surface area contributed by atoms with Gasteiger partial charge in [0.1, 0.15) is 17.2 Å². The van der Waals surface area contributed by atoms with Gasteiger partial charge in [0.25, 0.3) is 11.5 Å². The second-order valence-electron chi connectivity index (χ2n) is 8.79. The van der Waals surface area contributed by atoms with Crippen molar-refractivity contribution in [3.8, 4) is 17.2 Å². The largest absolute Gasteiger partial charge is 0.497 e. The van der Waals surface area contributed by atoms with Crippen molar-refractivity contribution in [2.24, 2.45) is 4.99 Å². The van der Waals surface area contributed by atoms with Crippen LogP contribution in [0.3, 0.4) is 0 Å². The topological polar surface area (TPSA) is 91.2 Å². The highest BCUT2D eigenvalue weighted by atomic mass is 32.1. The Kier molecular flexibility index (Phi) is 7.33. The second kappa shape index (κ2) is 11.0. The highest BCUT2D eigenvalue weighted by Gasteiger charge is 2.32. The lowest BCUT2D eigenvalue weighted by Gasteiger charge is -2.25. The van der Waals surface area contributed by atoms with Gasteiger partial charge in [-0.3, -0.25) is 14.2 Å². The van der Waals surface area contributed by atoms with Crippen LogP contribution in [0, 0.1) is 0 Å². The maximum Gasteiger partial charge on any atom is 0.271 e. The number of fused-ring (bicyclic) bond motifs is 1. The molecule has 9 heteroatoms. The number of methoxy groups -OCH3 is 3. The number of amides is 1. The molecule has 4 aromatic rings. The molecule has 1 aromatic heterocycles. The molecule has 0 unspecified atom stereocenters. The van der Waals surface area contributed by atoms with Gasteiger partial charge in [-0.1, -0.05) is 41.7 Å². The van der Waals surface area contributed by atoms with Gasteiger partial charge in [-0.15, -0.1) is 0 Å². The molecule has 1 amide bonds. The number of benzene rings is 3. The van der Waals surface area contributed by atoms with Crippen LogP contribution >= 0.6 is 11.3 Å². The van der Waals surface area contributed by atoms with Crippen LogP contribution in [-0.4, -0.2) is 31.8 Å². The third-order valence-corrected chi connectivity index (χ3v) is 7.42. The fourth-order valence-corrected chi connectivity index (χ4v) is 5.58. The Bertz CT molecular complexity index is 1760. The number of hydrogen-bond acceptors (Lipinski definition) is 7. The Labute approximate surface area is 229 Å². The molecule has 0 saturated heterocycles. The van der Waals surface area contributed by atoms with E-state index in [1.807, 2.05) is 60.7 Å². The van der Waals surface area contributed by atoms with Gasteiger partial charge in [-0.2, -0.15) is 0 Å². The van der Waals surface area contributed by atoms with E-state index in [4.69, 9.17) is 19.2 Å². The number of thiazole rings is 1. The summed E-state index contributed by atoms with van der Waals surface area (Å²) in [5.74, 6) is 1.51. The van der Waals surface area contributed by atoms with E-state index in [2.05, 4.69) is 5.32 Å². The van der Waals surface area contributed by atoms with E-state index < -0.39 is 6.04 Å². The third kappa shape index (κ3) is 5.08. The van der Waals surface area contributed by atoms with Gasteiger partial charge in [0.05, 0.1) is 43.2 Å². The Hall–Kier alpha value is -4.63. The lowest BCUT2D eigenvalue weighted by molar-refractivity contribution is -0.113. The highest BCUT2D eigenvalue weighted by Crippen LogP contribution is 2.32. The average Bonchev–Trinajstić information content (AvgIpc) is 3.26. The van der Waals surface area contributed by atoms with Gasteiger partial charge in [-0.05, 0) is 55.0 Å². The summed E-state index contributed by atoms with van der Waals surface area (Å²) in [6, 6.07) is 21.3. The number of aromatic nitrogens is 1. The normalized spacial score (nSPS) is 14.9. The Morgan fingerprint density at radius 3 is 2.41 bits per heavy atom. The number of rotatable bonds is 7. The monoisotopic (exact) mass is 541 g/mol. The lowest BCUT2D eigenvalue weighted by atomic mass is 9.95. The minimum Gasteiger partial charge on any atom is -0.497 e. The zero-order chi connectivity index (χ0) is 27.5. The number of carbonyl (C=O) groups is 1. The van der Waals surface area contributed by atoms with E-state index in [0.29, 0.717) is 43.5 Å². The van der Waals surface area contributed by atoms with Gasteiger partial charge in [0, 0.05) is 17.3 Å². The second-order valence-corrected chi connectivity index (χ2v) is 9.80. The van der Waals surface area contributed by atoms with E-state index in [-0.39, 0.29) is 11.5 Å². The molecule has 5 rings (SSSR count). The fraction of sp³-hybridized carbons (Fsp3) is 0.167. The van der Waals surface area contributed by atoms with Crippen molar-refractivity contribution in [1.82, 2.24) is 4.57 Å². The summed E-state index contributed by atoms with van der Waals surface area (Å²) in [6.07, 6.45) is 1.77. The highest BCUT2D eigenvalue weighted by molar-refractivity contribution is 7.07. The predicted octanol–water partition coefficient (Wildman–Crippen LogP) is 3.90. The molecule has 39 heavy (non-hydrogen) atoms. The van der Waals surface area contributed by atoms with Crippen molar-refractivity contribution in [1.29, 1.82) is 0 Å². The fourth-order valence-electron chi connectivity index (χ4n) is 4.54. The van der Waals surface area contributed by atoms with Crippen molar-refractivity contribution in [3.05, 3.63) is 115 Å². The van der Waals surface area contributed by atoms with Crippen LogP contribution in [0.15, 0.2) is 93.9 Å². The van der Waals surface area contributed by atoms with E-state index in [9.17, 15) is 9.59 Å². The molecule has 198 valence electrons. The molecule has 0 radical (unpaired) electrons. The van der Waals surface area contributed by atoms with Crippen molar-refractivity contribution < 1.29 is 19.0 Å². The van der Waals surface area contributed by atoms with Gasteiger partial charge in [0.2, 0.25) is 0 Å². The summed E-state index contributed by atoms with van der Waals surface area (Å²) in [5, 5.41) is 2.96. The van der Waals surface area contributed by atoms with Crippen LogP contribution in [0.1, 0.15) is 24.1 Å². The quantitative estimate of drug-likeness (QED) is 0.383. The number of allylic oxidation sites excluding steroid dienone is 1. The van der Waals surface area contributed by atoms with Crippen LogP contribution < -0.4 is 34.4 Å². The minimum atomic E-state index is -0.708. The molecule has 8 nitrogen and oxygen atoms in total. The van der Waals surface area contributed by atoms with Crippen molar-refractivity contribution in [3.63, 3.8) is 0 Å². The third-order valence-electron chi connectivity index (χ3n) is 6.43.